The van der Waals surface area contributed by atoms with Gasteiger partial charge in [-0.2, -0.15) is 0 Å². The molecule has 2 aromatic rings. The fourth-order valence-electron chi connectivity index (χ4n) is 2.86. The first-order chi connectivity index (χ1) is 11.1. The van der Waals surface area contributed by atoms with Crippen LogP contribution in [0.3, 0.4) is 0 Å². The summed E-state index contributed by atoms with van der Waals surface area (Å²) in [5.74, 6) is 1.29. The van der Waals surface area contributed by atoms with E-state index in [1.807, 2.05) is 18.3 Å². The Morgan fingerprint density at radius 2 is 2.13 bits per heavy atom. The van der Waals surface area contributed by atoms with E-state index in [0.717, 1.165) is 32.8 Å². The summed E-state index contributed by atoms with van der Waals surface area (Å²) in [6, 6.07) is 4.81. The zero-order valence-electron chi connectivity index (χ0n) is 13.9. The minimum Gasteiger partial charge on any atom is -0.424 e. The van der Waals surface area contributed by atoms with Crippen LogP contribution < -0.4 is 0 Å². The molecule has 0 radical (unpaired) electrons. The second-order valence-corrected chi connectivity index (χ2v) is 6.93. The third-order valence-electron chi connectivity index (χ3n) is 4.38. The van der Waals surface area contributed by atoms with Crippen molar-refractivity contribution in [2.24, 2.45) is 0 Å². The Kier molecular flexibility index (Phi) is 5.42. The highest BCUT2D eigenvalue weighted by Gasteiger charge is 2.27. The molecule has 7 heteroatoms. The Bertz CT molecular complexity index is 595. The maximum atomic E-state index is 5.59. The van der Waals surface area contributed by atoms with Crippen LogP contribution in [-0.2, 0) is 4.74 Å². The second kappa shape index (κ2) is 7.53. The van der Waals surface area contributed by atoms with Crippen molar-refractivity contribution < 1.29 is 9.15 Å². The molecular weight excluding hydrogens is 312 g/mol. The summed E-state index contributed by atoms with van der Waals surface area (Å²) >= 11 is 1.82. The van der Waals surface area contributed by atoms with Crippen molar-refractivity contribution in [2.45, 2.75) is 25.9 Å². The number of nitrogens with zero attached hydrogens (tertiary/aromatic N) is 4. The number of hydrogen-bond acceptors (Lipinski definition) is 7. The zero-order chi connectivity index (χ0) is 16.2. The van der Waals surface area contributed by atoms with E-state index in [-0.39, 0.29) is 6.04 Å². The summed E-state index contributed by atoms with van der Waals surface area (Å²) < 4.78 is 11.1. The van der Waals surface area contributed by atoms with E-state index in [4.69, 9.17) is 9.15 Å². The molecule has 3 rings (SSSR count). The van der Waals surface area contributed by atoms with E-state index >= 15 is 0 Å². The van der Waals surface area contributed by atoms with Crippen LogP contribution in [0.1, 0.15) is 35.7 Å². The lowest BCUT2D eigenvalue weighted by Crippen LogP contribution is -2.43. The SMILES string of the molecule is Cc1nnc(C(C)N(C)CC(c2cccs2)N2CCOCC2)o1. The highest BCUT2D eigenvalue weighted by molar-refractivity contribution is 7.10. The fourth-order valence-corrected chi connectivity index (χ4v) is 3.71. The standard InChI is InChI=1S/C16H24N4O2S/c1-12(16-18-17-13(2)22-16)19(3)11-14(15-5-4-10-23-15)20-6-8-21-9-7-20/h4-5,10,12,14H,6-9,11H2,1-3H3. The van der Waals surface area contributed by atoms with Gasteiger partial charge in [-0.3, -0.25) is 9.80 Å². The quantitative estimate of drug-likeness (QED) is 0.808. The fraction of sp³-hybridized carbons (Fsp3) is 0.625. The van der Waals surface area contributed by atoms with Gasteiger partial charge in [0.2, 0.25) is 11.8 Å². The van der Waals surface area contributed by atoms with Crippen LogP contribution in [-0.4, -0.2) is 59.9 Å². The van der Waals surface area contributed by atoms with Crippen molar-refractivity contribution in [2.75, 3.05) is 39.9 Å². The highest BCUT2D eigenvalue weighted by atomic mass is 32.1. The van der Waals surface area contributed by atoms with Gasteiger partial charge in [0, 0.05) is 31.4 Å². The molecule has 0 N–H and O–H groups in total. The summed E-state index contributed by atoms with van der Waals surface area (Å²) in [5, 5.41) is 10.2. The average Bonchev–Trinajstić information content (AvgIpc) is 3.24. The van der Waals surface area contributed by atoms with E-state index in [9.17, 15) is 0 Å². The first-order valence-corrected chi connectivity index (χ1v) is 8.88. The van der Waals surface area contributed by atoms with Crippen LogP contribution in [0, 0.1) is 6.92 Å². The van der Waals surface area contributed by atoms with Gasteiger partial charge in [-0.1, -0.05) is 6.07 Å². The molecule has 0 spiro atoms. The first kappa shape index (κ1) is 16.6. The molecule has 1 aliphatic rings. The Balaban J connectivity index is 1.72. The van der Waals surface area contributed by atoms with Gasteiger partial charge in [0.25, 0.3) is 0 Å². The second-order valence-electron chi connectivity index (χ2n) is 5.95. The molecule has 0 aliphatic carbocycles. The number of likely N-dealkylation sites (N-methyl/N-ethyl adjacent to an activating group) is 1. The molecule has 1 aliphatic heterocycles. The lowest BCUT2D eigenvalue weighted by molar-refractivity contribution is 0.00682. The number of rotatable bonds is 6. The lowest BCUT2D eigenvalue weighted by atomic mass is 10.1. The number of aromatic nitrogens is 2. The predicted octanol–water partition coefficient (Wildman–Crippen LogP) is 2.51. The van der Waals surface area contributed by atoms with Gasteiger partial charge in [0.05, 0.1) is 25.3 Å². The molecule has 6 nitrogen and oxygen atoms in total. The Labute approximate surface area is 141 Å². The Morgan fingerprint density at radius 1 is 1.35 bits per heavy atom. The predicted molar refractivity (Wildman–Crippen MR) is 89.5 cm³/mol. The van der Waals surface area contributed by atoms with Crippen molar-refractivity contribution in [1.29, 1.82) is 0 Å². The summed E-state index contributed by atoms with van der Waals surface area (Å²) in [7, 11) is 2.12. The number of ether oxygens (including phenoxy) is 1. The van der Waals surface area contributed by atoms with E-state index in [1.165, 1.54) is 4.88 Å². The molecule has 0 saturated carbocycles. The molecule has 0 amide bonds. The van der Waals surface area contributed by atoms with Crippen LogP contribution in [0.25, 0.3) is 0 Å². The van der Waals surface area contributed by atoms with Crippen molar-refractivity contribution in [3.8, 4) is 0 Å². The Morgan fingerprint density at radius 3 is 2.74 bits per heavy atom. The first-order valence-electron chi connectivity index (χ1n) is 8.00. The molecule has 3 heterocycles. The zero-order valence-corrected chi connectivity index (χ0v) is 14.8. The number of aryl methyl sites for hydroxylation is 1. The summed E-state index contributed by atoms with van der Waals surface area (Å²) in [4.78, 5) is 6.19. The third-order valence-corrected chi connectivity index (χ3v) is 5.35. The topological polar surface area (TPSA) is 54.6 Å². The number of thiophene rings is 1. The van der Waals surface area contributed by atoms with Crippen LogP contribution in [0.2, 0.25) is 0 Å². The van der Waals surface area contributed by atoms with Crippen molar-refractivity contribution in [3.05, 3.63) is 34.2 Å². The maximum Gasteiger partial charge on any atom is 0.233 e. The molecular formula is C16H24N4O2S. The maximum absolute atomic E-state index is 5.59. The molecule has 2 unspecified atom stereocenters. The van der Waals surface area contributed by atoms with Gasteiger partial charge in [0.15, 0.2) is 0 Å². The lowest BCUT2D eigenvalue weighted by Gasteiger charge is -2.37. The Hall–Kier alpha value is -1.28. The number of morpholine rings is 1. The molecule has 0 aromatic carbocycles. The van der Waals surface area contributed by atoms with E-state index in [2.05, 4.69) is 51.5 Å². The van der Waals surface area contributed by atoms with Crippen LogP contribution in [0.4, 0.5) is 0 Å². The van der Waals surface area contributed by atoms with Crippen LogP contribution >= 0.6 is 11.3 Å². The van der Waals surface area contributed by atoms with E-state index in [0.29, 0.717) is 17.8 Å². The van der Waals surface area contributed by atoms with Gasteiger partial charge in [-0.05, 0) is 25.4 Å². The normalized spacial score (nSPS) is 19.1. The van der Waals surface area contributed by atoms with Crippen molar-refractivity contribution >= 4 is 11.3 Å². The third kappa shape index (κ3) is 3.98. The van der Waals surface area contributed by atoms with E-state index in [1.54, 1.807) is 0 Å². The molecule has 1 saturated heterocycles. The molecule has 23 heavy (non-hydrogen) atoms. The molecule has 126 valence electrons. The van der Waals surface area contributed by atoms with Crippen LogP contribution in [0.15, 0.2) is 21.9 Å². The van der Waals surface area contributed by atoms with Crippen molar-refractivity contribution in [1.82, 2.24) is 20.0 Å². The molecule has 2 atom stereocenters. The monoisotopic (exact) mass is 336 g/mol. The number of hydrogen-bond donors (Lipinski definition) is 0. The summed E-state index contributed by atoms with van der Waals surface area (Å²) in [6.07, 6.45) is 0. The van der Waals surface area contributed by atoms with Gasteiger partial charge in [-0.25, -0.2) is 0 Å². The van der Waals surface area contributed by atoms with Gasteiger partial charge in [0.1, 0.15) is 0 Å². The minimum atomic E-state index is 0.0969. The smallest absolute Gasteiger partial charge is 0.233 e. The highest BCUT2D eigenvalue weighted by Crippen LogP contribution is 2.29. The summed E-state index contributed by atoms with van der Waals surface area (Å²) in [6.45, 7) is 8.43. The molecule has 2 aromatic heterocycles. The molecule has 0 bridgehead atoms. The van der Waals surface area contributed by atoms with E-state index < -0.39 is 0 Å². The van der Waals surface area contributed by atoms with Gasteiger partial charge >= 0.3 is 0 Å². The van der Waals surface area contributed by atoms with Gasteiger partial charge in [-0.15, -0.1) is 21.5 Å². The minimum absolute atomic E-state index is 0.0969. The van der Waals surface area contributed by atoms with Crippen molar-refractivity contribution in [3.63, 3.8) is 0 Å². The van der Waals surface area contributed by atoms with Gasteiger partial charge < -0.3 is 9.15 Å². The summed E-state index contributed by atoms with van der Waals surface area (Å²) in [5.41, 5.74) is 0. The van der Waals surface area contributed by atoms with Crippen LogP contribution in [0.5, 0.6) is 0 Å². The average molecular weight is 336 g/mol. The molecule has 1 fully saturated rings. The largest absolute Gasteiger partial charge is 0.424 e.